The number of nitrogens with zero attached hydrogens (tertiary/aromatic N) is 2. The van der Waals surface area contributed by atoms with Crippen molar-refractivity contribution in [3.05, 3.63) is 72.3 Å². The highest BCUT2D eigenvalue weighted by molar-refractivity contribution is 6.05. The number of nitrogens with one attached hydrogen (secondary N) is 1. The zero-order valence-electron chi connectivity index (χ0n) is 12.0. The molecule has 2 aliphatic heterocycles. The minimum atomic E-state index is -0.207. The van der Waals surface area contributed by atoms with Crippen LogP contribution in [0.3, 0.4) is 0 Å². The van der Waals surface area contributed by atoms with Crippen molar-refractivity contribution in [2.75, 3.05) is 6.61 Å². The lowest BCUT2D eigenvalue weighted by atomic mass is 10.2. The molecule has 4 heteroatoms. The monoisotopic (exact) mass is 289 g/mol. The molecule has 0 aliphatic carbocycles. The zero-order chi connectivity index (χ0) is 15.2. The van der Waals surface area contributed by atoms with E-state index in [9.17, 15) is 0 Å². The molecule has 108 valence electrons. The third-order valence-electron chi connectivity index (χ3n) is 3.04. The molecule has 2 aliphatic rings. The summed E-state index contributed by atoms with van der Waals surface area (Å²) in [6, 6.07) is 9.78. The Kier molecular flexibility index (Phi) is 4.17. The van der Waals surface area contributed by atoms with Gasteiger partial charge in [0.1, 0.15) is 6.61 Å². The van der Waals surface area contributed by atoms with Gasteiger partial charge in [0, 0.05) is 11.8 Å². The van der Waals surface area contributed by atoms with Crippen LogP contribution in [-0.2, 0) is 4.74 Å². The Bertz CT molecular complexity index is 746. The fraction of sp³-hybridized carbons (Fsp3) is 0.111. The summed E-state index contributed by atoms with van der Waals surface area (Å²) in [7, 11) is 0. The number of aliphatic imine (C=N–C) groups is 2. The highest BCUT2D eigenvalue weighted by Crippen LogP contribution is 2.16. The van der Waals surface area contributed by atoms with Crippen LogP contribution < -0.4 is 5.32 Å². The number of hydrogen-bond donors (Lipinski definition) is 1. The zero-order valence-corrected chi connectivity index (χ0v) is 12.0. The highest BCUT2D eigenvalue weighted by atomic mass is 16.5. The van der Waals surface area contributed by atoms with Gasteiger partial charge in [-0.15, -0.1) is 0 Å². The minimum Gasteiger partial charge on any atom is -0.471 e. The van der Waals surface area contributed by atoms with Crippen molar-refractivity contribution in [1.29, 1.82) is 0 Å². The maximum absolute atomic E-state index is 5.61. The molecule has 22 heavy (non-hydrogen) atoms. The summed E-state index contributed by atoms with van der Waals surface area (Å²) >= 11 is 0. The molecular weight excluding hydrogens is 274 g/mol. The molecule has 0 bridgehead atoms. The molecule has 4 nitrogen and oxygen atoms in total. The molecule has 1 aromatic carbocycles. The highest BCUT2D eigenvalue weighted by Gasteiger charge is 2.23. The second-order valence-electron chi connectivity index (χ2n) is 4.64. The van der Waals surface area contributed by atoms with Gasteiger partial charge in [0.25, 0.3) is 0 Å². The SMILES string of the molecule is C=CCOC1=C(C#Cc2ccccc2)NC2N=CC=CC2=N1. The first-order chi connectivity index (χ1) is 10.9. The van der Waals surface area contributed by atoms with Gasteiger partial charge in [-0.2, -0.15) is 0 Å². The van der Waals surface area contributed by atoms with Crippen LogP contribution in [0, 0.1) is 11.8 Å². The van der Waals surface area contributed by atoms with Gasteiger partial charge >= 0.3 is 0 Å². The van der Waals surface area contributed by atoms with Gasteiger partial charge in [-0.1, -0.05) is 36.8 Å². The van der Waals surface area contributed by atoms with Gasteiger partial charge in [0.15, 0.2) is 11.9 Å². The fourth-order valence-electron chi connectivity index (χ4n) is 2.01. The van der Waals surface area contributed by atoms with Crippen LogP contribution in [0.5, 0.6) is 0 Å². The number of dihydropyridines is 1. The van der Waals surface area contributed by atoms with E-state index in [0.29, 0.717) is 18.2 Å². The van der Waals surface area contributed by atoms with Crippen molar-refractivity contribution < 1.29 is 4.74 Å². The Morgan fingerprint density at radius 2 is 2.14 bits per heavy atom. The topological polar surface area (TPSA) is 46.0 Å². The Morgan fingerprint density at radius 1 is 1.27 bits per heavy atom. The van der Waals surface area contributed by atoms with Gasteiger partial charge in [-0.05, 0) is 30.2 Å². The number of ether oxygens (including phenoxy) is 1. The average molecular weight is 289 g/mol. The Morgan fingerprint density at radius 3 is 2.95 bits per heavy atom. The molecule has 0 radical (unpaired) electrons. The van der Waals surface area contributed by atoms with E-state index in [1.807, 2.05) is 42.5 Å². The maximum Gasteiger partial charge on any atom is 0.247 e. The number of benzene rings is 1. The largest absolute Gasteiger partial charge is 0.471 e. The van der Waals surface area contributed by atoms with Crippen molar-refractivity contribution in [2.24, 2.45) is 9.98 Å². The van der Waals surface area contributed by atoms with Crippen LogP contribution >= 0.6 is 0 Å². The standard InChI is InChI=1S/C18H15N3O/c1-2-13-22-18-16(11-10-14-7-4-3-5-8-14)20-17-15(21-18)9-6-12-19-17/h2-9,12,17,20H,1,13H2. The van der Waals surface area contributed by atoms with Gasteiger partial charge in [0.05, 0.1) is 5.71 Å². The van der Waals surface area contributed by atoms with E-state index in [1.165, 1.54) is 0 Å². The summed E-state index contributed by atoms with van der Waals surface area (Å²) in [5, 5.41) is 3.25. The third-order valence-corrected chi connectivity index (χ3v) is 3.04. The fourth-order valence-corrected chi connectivity index (χ4v) is 2.01. The summed E-state index contributed by atoms with van der Waals surface area (Å²) in [4.78, 5) is 8.84. The molecule has 1 unspecified atom stereocenters. The lowest BCUT2D eigenvalue weighted by molar-refractivity contribution is 0.238. The second-order valence-corrected chi connectivity index (χ2v) is 4.64. The van der Waals surface area contributed by atoms with Crippen molar-refractivity contribution in [2.45, 2.75) is 6.17 Å². The van der Waals surface area contributed by atoms with Crippen LogP contribution in [0.1, 0.15) is 5.56 Å². The van der Waals surface area contributed by atoms with Gasteiger partial charge in [0.2, 0.25) is 5.88 Å². The van der Waals surface area contributed by atoms with Gasteiger partial charge in [-0.25, -0.2) is 4.99 Å². The van der Waals surface area contributed by atoms with Gasteiger partial charge in [-0.3, -0.25) is 4.99 Å². The van der Waals surface area contributed by atoms with E-state index in [-0.39, 0.29) is 6.17 Å². The van der Waals surface area contributed by atoms with Crippen molar-refractivity contribution in [3.63, 3.8) is 0 Å². The van der Waals surface area contributed by atoms with Crippen LogP contribution in [0.2, 0.25) is 0 Å². The Hall–Kier alpha value is -3.06. The predicted octanol–water partition coefficient (Wildman–Crippen LogP) is 2.42. The smallest absolute Gasteiger partial charge is 0.247 e. The molecule has 0 fully saturated rings. The van der Waals surface area contributed by atoms with E-state index in [0.717, 1.165) is 11.3 Å². The van der Waals surface area contributed by atoms with Crippen molar-refractivity contribution in [3.8, 4) is 11.8 Å². The molecule has 0 aromatic heterocycles. The molecule has 0 spiro atoms. The van der Waals surface area contributed by atoms with E-state index < -0.39 is 0 Å². The summed E-state index contributed by atoms with van der Waals surface area (Å²) in [6.45, 7) is 4.03. The first-order valence-electron chi connectivity index (χ1n) is 6.97. The first kappa shape index (κ1) is 13.9. The van der Waals surface area contributed by atoms with Crippen molar-refractivity contribution >= 4 is 11.9 Å². The molecule has 1 aromatic rings. The molecule has 0 amide bonds. The van der Waals surface area contributed by atoms with E-state index in [1.54, 1.807) is 12.3 Å². The summed E-state index contributed by atoms with van der Waals surface area (Å²) in [6.07, 6.45) is 6.97. The molecule has 0 saturated heterocycles. The van der Waals surface area contributed by atoms with Crippen LogP contribution in [0.4, 0.5) is 0 Å². The van der Waals surface area contributed by atoms with E-state index in [2.05, 4.69) is 33.7 Å². The number of allylic oxidation sites excluding steroid dienone is 2. The summed E-state index contributed by atoms with van der Waals surface area (Å²) < 4.78 is 5.61. The molecule has 2 heterocycles. The quantitative estimate of drug-likeness (QED) is 0.686. The molecule has 1 N–H and O–H groups in total. The van der Waals surface area contributed by atoms with E-state index in [4.69, 9.17) is 4.74 Å². The number of fused-ring (bicyclic) bond motifs is 1. The van der Waals surface area contributed by atoms with Crippen LogP contribution in [0.25, 0.3) is 0 Å². The lowest BCUT2D eigenvalue weighted by Crippen LogP contribution is -2.38. The number of hydrogen-bond acceptors (Lipinski definition) is 4. The Labute approximate surface area is 129 Å². The summed E-state index contributed by atoms with van der Waals surface area (Å²) in [5.41, 5.74) is 2.38. The van der Waals surface area contributed by atoms with Gasteiger partial charge < -0.3 is 10.1 Å². The molecule has 0 saturated carbocycles. The molecule has 1 atom stereocenters. The second kappa shape index (κ2) is 6.59. The third kappa shape index (κ3) is 3.15. The van der Waals surface area contributed by atoms with Crippen LogP contribution in [0.15, 0.2) is 76.7 Å². The molecule has 3 rings (SSSR count). The maximum atomic E-state index is 5.61. The Balaban J connectivity index is 1.93. The molecular formula is C18H15N3O. The average Bonchev–Trinajstić information content (AvgIpc) is 2.58. The lowest BCUT2D eigenvalue weighted by Gasteiger charge is -2.23. The normalized spacial score (nSPS) is 18.5. The first-order valence-corrected chi connectivity index (χ1v) is 6.97. The minimum absolute atomic E-state index is 0.207. The number of rotatable bonds is 3. The van der Waals surface area contributed by atoms with Crippen LogP contribution in [-0.4, -0.2) is 24.7 Å². The predicted molar refractivity (Wildman–Crippen MR) is 88.5 cm³/mol. The summed E-state index contributed by atoms with van der Waals surface area (Å²) in [5.74, 6) is 6.65. The van der Waals surface area contributed by atoms with Crippen molar-refractivity contribution in [1.82, 2.24) is 5.32 Å². The van der Waals surface area contributed by atoms with E-state index >= 15 is 0 Å².